The van der Waals surface area contributed by atoms with Gasteiger partial charge in [0.15, 0.2) is 4.34 Å². The van der Waals surface area contributed by atoms with Crippen molar-refractivity contribution in [1.82, 2.24) is 25.3 Å². The smallest absolute Gasteiger partial charge is 0.221 e. The number of thioether (sulfide) groups is 1. The number of nitrogens with zero attached hydrogens (tertiary/aromatic N) is 4. The zero-order valence-electron chi connectivity index (χ0n) is 11.6. The molecule has 114 valence electrons. The van der Waals surface area contributed by atoms with Gasteiger partial charge in [-0.1, -0.05) is 34.7 Å². The van der Waals surface area contributed by atoms with Crippen molar-refractivity contribution in [3.05, 3.63) is 22.4 Å². The largest absolute Gasteiger partial charge is 0.356 e. The van der Waals surface area contributed by atoms with Crippen molar-refractivity contribution in [2.24, 2.45) is 0 Å². The Bertz CT molecular complexity index is 586. The highest BCUT2D eigenvalue weighted by Gasteiger charge is 2.04. The molecule has 1 amide bonds. The second kappa shape index (κ2) is 8.35. The zero-order valence-corrected chi connectivity index (χ0v) is 14.0. The molecule has 0 aromatic carbocycles. The summed E-state index contributed by atoms with van der Waals surface area (Å²) in [6.45, 7) is 3.15. The highest BCUT2D eigenvalue weighted by molar-refractivity contribution is 8.01. The van der Waals surface area contributed by atoms with Crippen LogP contribution in [0.2, 0.25) is 5.02 Å². The summed E-state index contributed by atoms with van der Waals surface area (Å²) in [5.41, 5.74) is 0. The van der Waals surface area contributed by atoms with Gasteiger partial charge in [0.1, 0.15) is 5.01 Å². The SMILES string of the molecule is Cc1nnc(SCCCNC(=O)CCn2cc(Cl)cn2)s1. The summed E-state index contributed by atoms with van der Waals surface area (Å²) in [4.78, 5) is 11.6. The highest BCUT2D eigenvalue weighted by Crippen LogP contribution is 2.21. The number of nitrogens with one attached hydrogen (secondary N) is 1. The van der Waals surface area contributed by atoms with Gasteiger partial charge in [-0.25, -0.2) is 0 Å². The van der Waals surface area contributed by atoms with E-state index in [1.165, 1.54) is 0 Å². The standard InChI is InChI=1S/C12H16ClN5OS2/c1-9-16-17-12(21-9)20-6-2-4-14-11(19)3-5-18-8-10(13)7-15-18/h7-8H,2-6H2,1H3,(H,14,19). The molecule has 0 fully saturated rings. The molecular formula is C12H16ClN5OS2. The van der Waals surface area contributed by atoms with Crippen molar-refractivity contribution in [3.63, 3.8) is 0 Å². The van der Waals surface area contributed by atoms with Crippen LogP contribution >= 0.6 is 34.7 Å². The molecular weight excluding hydrogens is 330 g/mol. The van der Waals surface area contributed by atoms with Gasteiger partial charge in [0, 0.05) is 31.5 Å². The first-order valence-corrected chi connectivity index (χ1v) is 8.69. The van der Waals surface area contributed by atoms with Gasteiger partial charge < -0.3 is 5.32 Å². The van der Waals surface area contributed by atoms with Gasteiger partial charge in [0.25, 0.3) is 0 Å². The summed E-state index contributed by atoms with van der Waals surface area (Å²) in [5, 5.41) is 16.5. The van der Waals surface area contributed by atoms with Crippen molar-refractivity contribution in [1.29, 1.82) is 0 Å². The van der Waals surface area contributed by atoms with E-state index in [0.717, 1.165) is 21.5 Å². The van der Waals surface area contributed by atoms with E-state index in [1.807, 2.05) is 6.92 Å². The van der Waals surface area contributed by atoms with Crippen molar-refractivity contribution in [2.45, 2.75) is 30.6 Å². The lowest BCUT2D eigenvalue weighted by Crippen LogP contribution is -2.25. The Kier molecular flexibility index (Phi) is 6.47. The number of carbonyl (C=O) groups excluding carboxylic acids is 1. The van der Waals surface area contributed by atoms with Gasteiger partial charge in [-0.05, 0) is 13.3 Å². The first-order valence-electron chi connectivity index (χ1n) is 6.51. The predicted octanol–water partition coefficient (Wildman–Crippen LogP) is 2.39. The molecule has 0 aliphatic carbocycles. The maximum atomic E-state index is 11.6. The zero-order chi connectivity index (χ0) is 15.1. The summed E-state index contributed by atoms with van der Waals surface area (Å²) in [5.74, 6) is 0.947. The molecule has 0 radical (unpaired) electrons. The maximum absolute atomic E-state index is 11.6. The van der Waals surface area contributed by atoms with Crippen molar-refractivity contribution >= 4 is 40.6 Å². The van der Waals surface area contributed by atoms with Gasteiger partial charge in [0.2, 0.25) is 5.91 Å². The summed E-state index contributed by atoms with van der Waals surface area (Å²) in [6, 6.07) is 0. The highest BCUT2D eigenvalue weighted by atomic mass is 35.5. The van der Waals surface area contributed by atoms with Crippen LogP contribution in [0, 0.1) is 6.92 Å². The van der Waals surface area contributed by atoms with E-state index in [2.05, 4.69) is 20.6 Å². The molecule has 1 N–H and O–H groups in total. The van der Waals surface area contributed by atoms with Crippen LogP contribution < -0.4 is 5.32 Å². The topological polar surface area (TPSA) is 72.7 Å². The van der Waals surface area contributed by atoms with E-state index in [9.17, 15) is 4.79 Å². The Morgan fingerprint density at radius 3 is 3.05 bits per heavy atom. The fraction of sp³-hybridized carbons (Fsp3) is 0.500. The van der Waals surface area contributed by atoms with Gasteiger partial charge >= 0.3 is 0 Å². The second-order valence-electron chi connectivity index (χ2n) is 4.31. The number of hydrogen-bond donors (Lipinski definition) is 1. The van der Waals surface area contributed by atoms with Crippen LogP contribution in [0.25, 0.3) is 0 Å². The van der Waals surface area contributed by atoms with E-state index in [-0.39, 0.29) is 5.91 Å². The normalized spacial score (nSPS) is 10.8. The van der Waals surface area contributed by atoms with Crippen LogP contribution in [-0.2, 0) is 11.3 Å². The third kappa shape index (κ3) is 6.03. The minimum absolute atomic E-state index is 0.0263. The number of halogens is 1. The first-order chi connectivity index (χ1) is 10.1. The van der Waals surface area contributed by atoms with Gasteiger partial charge in [-0.3, -0.25) is 9.48 Å². The maximum Gasteiger partial charge on any atom is 0.221 e. The van der Waals surface area contributed by atoms with Crippen molar-refractivity contribution < 1.29 is 4.79 Å². The number of carbonyl (C=O) groups is 1. The third-order valence-electron chi connectivity index (χ3n) is 2.55. The van der Waals surface area contributed by atoms with Crippen molar-refractivity contribution in [2.75, 3.05) is 12.3 Å². The van der Waals surface area contributed by atoms with Crippen LogP contribution in [0.3, 0.4) is 0 Å². The van der Waals surface area contributed by atoms with Crippen molar-refractivity contribution in [3.8, 4) is 0 Å². The number of rotatable bonds is 8. The molecule has 2 aromatic heterocycles. The van der Waals surface area contributed by atoms with E-state index in [4.69, 9.17) is 11.6 Å². The fourth-order valence-electron chi connectivity index (χ4n) is 1.56. The number of hydrogen-bond acceptors (Lipinski definition) is 6. The van der Waals surface area contributed by atoms with Crippen LogP contribution in [0.4, 0.5) is 0 Å². The molecule has 0 saturated heterocycles. The lowest BCUT2D eigenvalue weighted by Gasteiger charge is -2.04. The molecule has 2 aromatic rings. The van der Waals surface area contributed by atoms with Gasteiger partial charge in [-0.15, -0.1) is 10.2 Å². The Balaban J connectivity index is 1.53. The second-order valence-corrected chi connectivity index (χ2v) is 7.27. The predicted molar refractivity (Wildman–Crippen MR) is 84.9 cm³/mol. The average molecular weight is 346 g/mol. The monoisotopic (exact) mass is 345 g/mol. The molecule has 9 heteroatoms. The molecule has 0 aliphatic heterocycles. The Morgan fingerprint density at radius 2 is 2.38 bits per heavy atom. The lowest BCUT2D eigenvalue weighted by atomic mass is 10.4. The summed E-state index contributed by atoms with van der Waals surface area (Å²) >= 11 is 9.01. The molecule has 0 unspecified atom stereocenters. The third-order valence-corrected chi connectivity index (χ3v) is 4.80. The van der Waals surface area contributed by atoms with E-state index >= 15 is 0 Å². The Hall–Kier alpha value is -1.12. The van der Waals surface area contributed by atoms with E-state index < -0.39 is 0 Å². The molecule has 6 nitrogen and oxygen atoms in total. The molecule has 2 heterocycles. The molecule has 0 atom stereocenters. The summed E-state index contributed by atoms with van der Waals surface area (Å²) < 4.78 is 2.64. The van der Waals surface area contributed by atoms with E-state index in [1.54, 1.807) is 40.2 Å². The number of aryl methyl sites for hydroxylation is 2. The average Bonchev–Trinajstić information content (AvgIpc) is 3.05. The van der Waals surface area contributed by atoms with Crippen LogP contribution in [0.15, 0.2) is 16.7 Å². The number of aromatic nitrogens is 4. The van der Waals surface area contributed by atoms with E-state index in [0.29, 0.717) is 24.5 Å². The Labute approximate surface area is 136 Å². The van der Waals surface area contributed by atoms with Crippen LogP contribution in [0.5, 0.6) is 0 Å². The van der Waals surface area contributed by atoms with Gasteiger partial charge in [0.05, 0.1) is 11.2 Å². The summed E-state index contributed by atoms with van der Waals surface area (Å²) in [7, 11) is 0. The fourth-order valence-corrected chi connectivity index (χ4v) is 3.54. The number of amides is 1. The molecule has 0 saturated carbocycles. The van der Waals surface area contributed by atoms with Crippen LogP contribution in [0.1, 0.15) is 17.8 Å². The molecule has 2 rings (SSSR count). The van der Waals surface area contributed by atoms with Crippen LogP contribution in [-0.4, -0.2) is 38.2 Å². The molecule has 0 aliphatic rings. The quantitative estimate of drug-likeness (QED) is 0.587. The minimum Gasteiger partial charge on any atom is -0.356 e. The summed E-state index contributed by atoms with van der Waals surface area (Å²) in [6.07, 6.45) is 4.57. The minimum atomic E-state index is 0.0263. The molecule has 0 spiro atoms. The van der Waals surface area contributed by atoms with Gasteiger partial charge in [-0.2, -0.15) is 5.10 Å². The molecule has 21 heavy (non-hydrogen) atoms. The lowest BCUT2D eigenvalue weighted by molar-refractivity contribution is -0.121. The first kappa shape index (κ1) is 16.3. The molecule has 0 bridgehead atoms. The Morgan fingerprint density at radius 1 is 1.52 bits per heavy atom.